The van der Waals surface area contributed by atoms with Gasteiger partial charge >= 0.3 is 0 Å². The van der Waals surface area contributed by atoms with Gasteiger partial charge in [-0.05, 0) is 84.3 Å². The summed E-state index contributed by atoms with van der Waals surface area (Å²) in [5.74, 6) is 2.34. The van der Waals surface area contributed by atoms with Crippen LogP contribution in [0, 0.1) is 0 Å². The number of ether oxygens (including phenoxy) is 2. The first-order chi connectivity index (χ1) is 18.8. The minimum absolute atomic E-state index is 0.231. The van der Waals surface area contributed by atoms with E-state index in [-0.39, 0.29) is 5.83 Å². The van der Waals surface area contributed by atoms with Crippen LogP contribution in [-0.2, 0) is 0 Å². The van der Waals surface area contributed by atoms with E-state index in [0.717, 1.165) is 47.9 Å². The van der Waals surface area contributed by atoms with E-state index in [2.05, 4.69) is 55.3 Å². The van der Waals surface area contributed by atoms with Crippen molar-refractivity contribution < 1.29 is 13.9 Å². The largest absolute Gasteiger partial charge is 0.497 e. The number of likely N-dealkylation sites (N-methyl/N-ethyl adjacent to an activating group) is 1. The lowest BCUT2D eigenvalue weighted by Gasteiger charge is -2.29. The minimum Gasteiger partial charge on any atom is -0.497 e. The van der Waals surface area contributed by atoms with Crippen molar-refractivity contribution >= 4 is 33.4 Å². The second kappa shape index (κ2) is 13.1. The lowest BCUT2D eigenvalue weighted by molar-refractivity contribution is 0.223. The number of allylic oxidation sites excluding steroid dienone is 2. The zero-order chi connectivity index (χ0) is 27.8. The van der Waals surface area contributed by atoms with Crippen molar-refractivity contribution in [3.63, 3.8) is 0 Å². The van der Waals surface area contributed by atoms with Crippen LogP contribution in [0.3, 0.4) is 0 Å². The summed E-state index contributed by atoms with van der Waals surface area (Å²) >= 11 is 3.53. The normalized spacial score (nSPS) is 16.6. The predicted molar refractivity (Wildman–Crippen MR) is 160 cm³/mol. The lowest BCUT2D eigenvalue weighted by atomic mass is 9.93. The van der Waals surface area contributed by atoms with E-state index in [1.165, 1.54) is 6.08 Å². The molecule has 2 N–H and O–H groups in total. The van der Waals surface area contributed by atoms with Crippen molar-refractivity contribution in [1.82, 2.24) is 14.9 Å². The Morgan fingerprint density at radius 2 is 1.97 bits per heavy atom. The van der Waals surface area contributed by atoms with Gasteiger partial charge in [-0.15, -0.1) is 0 Å². The van der Waals surface area contributed by atoms with Gasteiger partial charge in [0.1, 0.15) is 29.8 Å². The standard InChI is InChI=1S/C30H35BrFN5O2/c1-5-37(6-2)16-17-39-27-19-23(10-11-25(27)21-8-7-9-24(18-21)38-4)34-29-33-20-26(31)28(35-29)36-30(3)14-12-22(32)13-15-30/h7-14,18-20H,5-6,15-17H2,1-4H3,(H2,33,34,35,36). The van der Waals surface area contributed by atoms with E-state index in [1.807, 2.05) is 55.5 Å². The molecule has 0 aliphatic heterocycles. The SMILES string of the molecule is CCN(CC)CCOc1cc(Nc2ncc(Br)c(NC3(C)C=CC(F)=CC3)n2)ccc1-c1cccc(OC)c1. The van der Waals surface area contributed by atoms with Gasteiger partial charge in [0.15, 0.2) is 0 Å². The third-order valence-corrected chi connectivity index (χ3v) is 7.24. The maximum Gasteiger partial charge on any atom is 0.229 e. The Kier molecular flexibility index (Phi) is 9.59. The Hall–Kier alpha value is -3.43. The molecule has 0 radical (unpaired) electrons. The summed E-state index contributed by atoms with van der Waals surface area (Å²) in [5.41, 5.74) is 2.30. The van der Waals surface area contributed by atoms with Gasteiger partial charge < -0.3 is 25.0 Å². The highest BCUT2D eigenvalue weighted by molar-refractivity contribution is 9.10. The number of benzene rings is 2. The Bertz CT molecular complexity index is 1340. The van der Waals surface area contributed by atoms with Crippen molar-refractivity contribution in [2.24, 2.45) is 0 Å². The van der Waals surface area contributed by atoms with E-state index in [9.17, 15) is 4.39 Å². The molecule has 1 atom stereocenters. The van der Waals surface area contributed by atoms with Gasteiger partial charge in [-0.3, -0.25) is 0 Å². The zero-order valence-corrected chi connectivity index (χ0v) is 24.4. The first-order valence-electron chi connectivity index (χ1n) is 13.1. The molecule has 1 aliphatic rings. The van der Waals surface area contributed by atoms with Gasteiger partial charge in [0.05, 0.1) is 17.1 Å². The van der Waals surface area contributed by atoms with Gasteiger partial charge in [0, 0.05) is 30.1 Å². The fourth-order valence-electron chi connectivity index (χ4n) is 4.29. The van der Waals surface area contributed by atoms with Gasteiger partial charge in [0.2, 0.25) is 5.95 Å². The smallest absolute Gasteiger partial charge is 0.229 e. The minimum atomic E-state index is -0.464. The second-order valence-electron chi connectivity index (χ2n) is 9.50. The number of aromatic nitrogens is 2. The summed E-state index contributed by atoms with van der Waals surface area (Å²) < 4.78 is 26.0. The molecule has 206 valence electrons. The average Bonchev–Trinajstić information content (AvgIpc) is 2.95. The number of hydrogen-bond donors (Lipinski definition) is 2. The maximum absolute atomic E-state index is 13.5. The first-order valence-corrected chi connectivity index (χ1v) is 13.9. The van der Waals surface area contributed by atoms with Crippen molar-refractivity contribution in [2.45, 2.75) is 32.7 Å². The molecule has 0 bridgehead atoms. The highest BCUT2D eigenvalue weighted by Crippen LogP contribution is 2.35. The molecule has 0 spiro atoms. The topological polar surface area (TPSA) is 71.5 Å². The highest BCUT2D eigenvalue weighted by atomic mass is 79.9. The molecule has 39 heavy (non-hydrogen) atoms. The molecule has 2 aromatic carbocycles. The molecule has 9 heteroatoms. The predicted octanol–water partition coefficient (Wildman–Crippen LogP) is 7.36. The summed E-state index contributed by atoms with van der Waals surface area (Å²) in [7, 11) is 1.66. The third kappa shape index (κ3) is 7.58. The molecule has 1 heterocycles. The summed E-state index contributed by atoms with van der Waals surface area (Å²) in [6.45, 7) is 9.63. The summed E-state index contributed by atoms with van der Waals surface area (Å²) in [4.78, 5) is 11.4. The van der Waals surface area contributed by atoms with E-state index in [0.29, 0.717) is 29.3 Å². The fraction of sp³-hybridized carbons (Fsp3) is 0.333. The van der Waals surface area contributed by atoms with E-state index in [4.69, 9.17) is 9.47 Å². The van der Waals surface area contributed by atoms with Gasteiger partial charge in [-0.2, -0.15) is 4.98 Å². The van der Waals surface area contributed by atoms with Crippen LogP contribution in [0.4, 0.5) is 21.8 Å². The van der Waals surface area contributed by atoms with E-state index in [1.54, 1.807) is 19.4 Å². The van der Waals surface area contributed by atoms with Gasteiger partial charge in [0.25, 0.3) is 0 Å². The fourth-order valence-corrected chi connectivity index (χ4v) is 4.58. The van der Waals surface area contributed by atoms with Crippen LogP contribution >= 0.6 is 15.9 Å². The second-order valence-corrected chi connectivity index (χ2v) is 10.4. The highest BCUT2D eigenvalue weighted by Gasteiger charge is 2.24. The molecule has 1 unspecified atom stereocenters. The van der Waals surface area contributed by atoms with Crippen LogP contribution in [-0.4, -0.2) is 53.8 Å². The molecule has 0 fully saturated rings. The van der Waals surface area contributed by atoms with Crippen molar-refractivity contribution in [3.05, 3.63) is 77.2 Å². The first kappa shape index (κ1) is 28.6. The van der Waals surface area contributed by atoms with Crippen molar-refractivity contribution in [2.75, 3.05) is 44.0 Å². The number of nitrogens with zero attached hydrogens (tertiary/aromatic N) is 3. The average molecular weight is 597 g/mol. The molecule has 0 saturated heterocycles. The Morgan fingerprint density at radius 1 is 1.15 bits per heavy atom. The number of rotatable bonds is 12. The molecule has 3 aromatic rings. The molecule has 0 saturated carbocycles. The summed E-state index contributed by atoms with van der Waals surface area (Å²) in [6.07, 6.45) is 7.04. The number of anilines is 3. The molecule has 7 nitrogen and oxygen atoms in total. The van der Waals surface area contributed by atoms with E-state index < -0.39 is 5.54 Å². The third-order valence-electron chi connectivity index (χ3n) is 6.66. The molecule has 1 aromatic heterocycles. The lowest BCUT2D eigenvalue weighted by Crippen LogP contribution is -2.33. The van der Waals surface area contributed by atoms with Crippen molar-refractivity contribution in [3.8, 4) is 22.6 Å². The van der Waals surface area contributed by atoms with Gasteiger partial charge in [-0.1, -0.05) is 32.1 Å². The molecule has 4 rings (SSSR count). The number of nitrogens with one attached hydrogen (secondary N) is 2. The van der Waals surface area contributed by atoms with Gasteiger partial charge in [-0.25, -0.2) is 9.37 Å². The number of hydrogen-bond acceptors (Lipinski definition) is 7. The number of methoxy groups -OCH3 is 1. The number of halogens is 2. The maximum atomic E-state index is 13.5. The quantitative estimate of drug-likeness (QED) is 0.226. The van der Waals surface area contributed by atoms with Crippen LogP contribution in [0.1, 0.15) is 27.2 Å². The molecule has 1 aliphatic carbocycles. The summed E-state index contributed by atoms with van der Waals surface area (Å²) in [6, 6.07) is 13.9. The molecule has 0 amide bonds. The Morgan fingerprint density at radius 3 is 2.69 bits per heavy atom. The zero-order valence-electron chi connectivity index (χ0n) is 22.8. The van der Waals surface area contributed by atoms with Crippen LogP contribution in [0.5, 0.6) is 11.5 Å². The van der Waals surface area contributed by atoms with Crippen LogP contribution in [0.2, 0.25) is 0 Å². The summed E-state index contributed by atoms with van der Waals surface area (Å²) in [5, 5.41) is 6.70. The Labute approximate surface area is 238 Å². The van der Waals surface area contributed by atoms with Crippen molar-refractivity contribution in [1.29, 1.82) is 0 Å². The van der Waals surface area contributed by atoms with Crippen LogP contribution in [0.15, 0.2) is 77.2 Å². The Balaban J connectivity index is 1.58. The van der Waals surface area contributed by atoms with Crippen LogP contribution in [0.25, 0.3) is 11.1 Å². The molecular weight excluding hydrogens is 561 g/mol. The van der Waals surface area contributed by atoms with Crippen LogP contribution < -0.4 is 20.1 Å². The molecular formula is C30H35BrFN5O2. The monoisotopic (exact) mass is 595 g/mol. The van der Waals surface area contributed by atoms with E-state index >= 15 is 0 Å².